The Morgan fingerprint density at radius 3 is 2.18 bits per heavy atom. The molecule has 0 fully saturated rings. The Kier molecular flexibility index (Phi) is 6.09. The Labute approximate surface area is 352 Å². The van der Waals surface area contributed by atoms with E-state index in [1.807, 2.05) is 11.3 Å². The topological polar surface area (TPSA) is 21.3 Å². The largest absolute Gasteiger partial charge is 0.456 e. The van der Waals surface area contributed by atoms with Crippen molar-refractivity contribution in [1.29, 1.82) is 0 Å². The zero-order valence-corrected chi connectivity index (χ0v) is 35.0. The minimum Gasteiger partial charge on any atom is -0.456 e. The molecule has 0 saturated carbocycles. The van der Waals surface area contributed by atoms with Crippen LogP contribution in [0.4, 0.5) is 11.4 Å². The highest BCUT2D eigenvalue weighted by Crippen LogP contribution is 2.53. The summed E-state index contributed by atoms with van der Waals surface area (Å²) >= 11 is 1.90. The van der Waals surface area contributed by atoms with Crippen molar-refractivity contribution in [2.75, 3.05) is 4.81 Å². The second kappa shape index (κ2) is 11.0. The predicted molar refractivity (Wildman–Crippen MR) is 256 cm³/mol. The second-order valence-electron chi connectivity index (χ2n) is 18.9. The fraction of sp³-hybridized carbons (Fsp3) is 0.127. The highest BCUT2D eigenvalue weighted by Gasteiger charge is 2.45. The van der Waals surface area contributed by atoms with Crippen LogP contribution in [0.1, 0.15) is 51.3 Å². The number of aromatic nitrogens is 1. The van der Waals surface area contributed by atoms with Gasteiger partial charge in [-0.1, -0.05) is 126 Å². The summed E-state index contributed by atoms with van der Waals surface area (Å²) in [6, 6.07) is 55.5. The van der Waals surface area contributed by atoms with Gasteiger partial charge in [0.05, 0.1) is 11.0 Å². The van der Waals surface area contributed by atoms with Crippen LogP contribution in [0, 0.1) is 0 Å². The molecule has 0 N–H and O–H groups in total. The molecule has 3 aliphatic rings. The van der Waals surface area contributed by atoms with Crippen LogP contribution < -0.4 is 15.7 Å². The Balaban J connectivity index is 1.16. The molecule has 0 atom stereocenters. The summed E-state index contributed by atoms with van der Waals surface area (Å²) in [6.45, 7) is 11.6. The van der Waals surface area contributed by atoms with Gasteiger partial charge in [-0.15, -0.1) is 11.3 Å². The van der Waals surface area contributed by atoms with Crippen molar-refractivity contribution in [3.63, 3.8) is 0 Å². The van der Waals surface area contributed by atoms with E-state index in [1.54, 1.807) is 0 Å². The first-order valence-electron chi connectivity index (χ1n) is 21.2. The van der Waals surface area contributed by atoms with Crippen LogP contribution in [0.5, 0.6) is 0 Å². The van der Waals surface area contributed by atoms with Crippen LogP contribution in [0.15, 0.2) is 150 Å². The standard InChI is InChI=1S/C55H39BN2OS/c1-54(2,3)30-18-20-31(21-19-30)58-46-27-41-34-14-8-11-17-50(34)60-51(41)28-39(46)35-22-23-36-38-24-43-37(32-12-6-9-15-42(32)55(43,4)5)26-45(38)57-47-29-49-40(33-13-7-10-16-48(33)59-49)25-44(47)56(58)52(35)53(36)57/h6-29H,1-5H3. The summed E-state index contributed by atoms with van der Waals surface area (Å²) in [7, 11) is 0. The Hall–Kier alpha value is -6.56. The summed E-state index contributed by atoms with van der Waals surface area (Å²) in [6.07, 6.45) is 0. The van der Waals surface area contributed by atoms with Gasteiger partial charge in [0.1, 0.15) is 11.2 Å². The zero-order valence-electron chi connectivity index (χ0n) is 34.1. The molecule has 5 heteroatoms. The van der Waals surface area contributed by atoms with Gasteiger partial charge >= 0.3 is 6.85 Å². The highest BCUT2D eigenvalue weighted by atomic mass is 32.1. The van der Waals surface area contributed by atoms with Crippen LogP contribution >= 0.6 is 11.3 Å². The first-order chi connectivity index (χ1) is 29.1. The average molecular weight is 787 g/mol. The molecule has 0 amide bonds. The van der Waals surface area contributed by atoms with E-state index in [-0.39, 0.29) is 17.7 Å². The second-order valence-corrected chi connectivity index (χ2v) is 20.0. The van der Waals surface area contributed by atoms with E-state index in [0.717, 1.165) is 21.9 Å². The fourth-order valence-corrected chi connectivity index (χ4v) is 12.6. The lowest BCUT2D eigenvalue weighted by atomic mass is 9.44. The number of hydrogen-bond donors (Lipinski definition) is 0. The van der Waals surface area contributed by atoms with Crippen LogP contribution in [0.2, 0.25) is 0 Å². The third kappa shape index (κ3) is 4.07. The Morgan fingerprint density at radius 1 is 0.550 bits per heavy atom. The molecular weight excluding hydrogens is 747 g/mol. The van der Waals surface area contributed by atoms with Gasteiger partial charge < -0.3 is 13.8 Å². The van der Waals surface area contributed by atoms with Crippen molar-refractivity contribution in [1.82, 2.24) is 4.57 Å². The molecule has 0 bridgehead atoms. The summed E-state index contributed by atoms with van der Waals surface area (Å²) in [5.41, 5.74) is 20.0. The minimum absolute atomic E-state index is 0.0422. The van der Waals surface area contributed by atoms with E-state index in [9.17, 15) is 0 Å². The molecule has 0 radical (unpaired) electrons. The zero-order chi connectivity index (χ0) is 40.0. The minimum atomic E-state index is -0.103. The van der Waals surface area contributed by atoms with Gasteiger partial charge in [0, 0.05) is 75.8 Å². The summed E-state index contributed by atoms with van der Waals surface area (Å²) in [4.78, 5) is 2.67. The van der Waals surface area contributed by atoms with Gasteiger partial charge in [-0.05, 0) is 98.3 Å². The molecule has 14 rings (SSSR count). The number of furan rings is 1. The lowest BCUT2D eigenvalue weighted by Gasteiger charge is -2.42. The molecule has 0 spiro atoms. The SMILES string of the molecule is CC(C)(C)c1ccc(N2B3c4cc5c(cc4-n4c6cc7c(cc6c6ccc(c3c64)-c3cc4sc6ccccc6c4cc32)C(C)(C)c2ccccc2-7)oc2ccccc25)cc1. The van der Waals surface area contributed by atoms with E-state index in [0.29, 0.717) is 0 Å². The molecule has 0 unspecified atom stereocenters. The van der Waals surface area contributed by atoms with Gasteiger partial charge in [0.2, 0.25) is 0 Å². The van der Waals surface area contributed by atoms with Gasteiger partial charge in [0.15, 0.2) is 0 Å². The molecule has 8 aromatic carbocycles. The van der Waals surface area contributed by atoms with E-state index in [2.05, 4.69) is 190 Å². The maximum absolute atomic E-state index is 6.71. The number of nitrogens with zero attached hydrogens (tertiary/aromatic N) is 2. The van der Waals surface area contributed by atoms with Crippen LogP contribution in [0.3, 0.4) is 0 Å². The number of fused-ring (bicyclic) bond motifs is 17. The first-order valence-corrected chi connectivity index (χ1v) is 22.0. The van der Waals surface area contributed by atoms with Crippen molar-refractivity contribution < 1.29 is 4.42 Å². The molecular formula is C55H39BN2OS. The summed E-state index contributed by atoms with van der Waals surface area (Å²) in [5.74, 6) is 0. The fourth-order valence-electron chi connectivity index (χ4n) is 11.4. The van der Waals surface area contributed by atoms with Crippen molar-refractivity contribution >= 4 is 104 Å². The van der Waals surface area contributed by atoms with Crippen molar-refractivity contribution in [2.24, 2.45) is 0 Å². The third-order valence-electron chi connectivity index (χ3n) is 14.3. The van der Waals surface area contributed by atoms with E-state index >= 15 is 0 Å². The smallest absolute Gasteiger partial charge is 0.333 e. The Bertz CT molecular complexity index is 3740. The average Bonchev–Trinajstić information content (AvgIpc) is 3.97. The van der Waals surface area contributed by atoms with Gasteiger partial charge in [-0.3, -0.25) is 0 Å². The number of thiophene rings is 1. The number of hydrogen-bond acceptors (Lipinski definition) is 3. The molecule has 60 heavy (non-hydrogen) atoms. The Morgan fingerprint density at radius 2 is 1.33 bits per heavy atom. The van der Waals surface area contributed by atoms with Crippen molar-refractivity contribution in [2.45, 2.75) is 45.4 Å². The predicted octanol–water partition coefficient (Wildman–Crippen LogP) is 13.9. The lowest BCUT2D eigenvalue weighted by molar-refractivity contribution is 0.590. The number of rotatable bonds is 1. The summed E-state index contributed by atoms with van der Waals surface area (Å²) < 4.78 is 12.0. The molecule has 2 aliphatic heterocycles. The highest BCUT2D eigenvalue weighted by molar-refractivity contribution is 7.25. The van der Waals surface area contributed by atoms with Crippen molar-refractivity contribution in [3.05, 3.63) is 162 Å². The monoisotopic (exact) mass is 786 g/mol. The first kappa shape index (κ1) is 33.3. The molecule has 5 heterocycles. The van der Waals surface area contributed by atoms with E-state index in [4.69, 9.17) is 4.42 Å². The number of anilines is 2. The van der Waals surface area contributed by atoms with Gasteiger partial charge in [-0.2, -0.15) is 0 Å². The van der Waals surface area contributed by atoms with Crippen LogP contribution in [-0.2, 0) is 10.8 Å². The summed E-state index contributed by atoms with van der Waals surface area (Å²) in [5, 5.41) is 7.54. The maximum atomic E-state index is 6.71. The molecule has 3 aromatic heterocycles. The van der Waals surface area contributed by atoms with Gasteiger partial charge in [-0.25, -0.2) is 0 Å². The molecule has 3 nitrogen and oxygen atoms in total. The normalized spacial score (nSPS) is 14.8. The molecule has 11 aromatic rings. The number of para-hydroxylation sites is 1. The van der Waals surface area contributed by atoms with Gasteiger partial charge in [0.25, 0.3) is 0 Å². The van der Waals surface area contributed by atoms with Crippen LogP contribution in [-0.4, -0.2) is 11.4 Å². The third-order valence-corrected chi connectivity index (χ3v) is 15.5. The van der Waals surface area contributed by atoms with E-state index < -0.39 is 0 Å². The molecule has 0 saturated heterocycles. The van der Waals surface area contributed by atoms with E-state index in [1.165, 1.54) is 109 Å². The van der Waals surface area contributed by atoms with Crippen LogP contribution in [0.25, 0.3) is 91.9 Å². The maximum Gasteiger partial charge on any atom is 0.333 e. The lowest BCUT2D eigenvalue weighted by Crippen LogP contribution is -2.60. The molecule has 284 valence electrons. The number of benzene rings is 8. The molecule has 1 aliphatic carbocycles. The van der Waals surface area contributed by atoms with Crippen molar-refractivity contribution in [3.8, 4) is 27.9 Å². The quantitative estimate of drug-likeness (QED) is 0.155.